The van der Waals surface area contributed by atoms with Crippen LogP contribution in [-0.2, 0) is 0 Å². The molecule has 0 N–H and O–H groups in total. The fourth-order valence-corrected chi connectivity index (χ4v) is 8.08. The van der Waals surface area contributed by atoms with E-state index in [1.807, 2.05) is 0 Å². The highest BCUT2D eigenvalue weighted by Crippen LogP contribution is 2.50. The minimum Gasteiger partial charge on any atom is -0.301 e. The van der Waals surface area contributed by atoms with Crippen LogP contribution in [0.1, 0.15) is 115 Å². The molecule has 6 aliphatic rings. The Balaban J connectivity index is 1.66. The van der Waals surface area contributed by atoms with Gasteiger partial charge in [-0.1, -0.05) is 0 Å². The number of anilines is 2. The first kappa shape index (κ1) is 24.4. The van der Waals surface area contributed by atoms with Crippen molar-refractivity contribution < 1.29 is 0 Å². The van der Waals surface area contributed by atoms with Crippen LogP contribution in [0.4, 0.5) is 11.4 Å². The van der Waals surface area contributed by atoms with Crippen LogP contribution in [0.25, 0.3) is 0 Å². The highest BCUT2D eigenvalue weighted by atomic mass is 15.7. The number of hydrogen-bond acceptors (Lipinski definition) is 4. The van der Waals surface area contributed by atoms with Crippen molar-refractivity contribution in [1.82, 2.24) is 10.0 Å². The van der Waals surface area contributed by atoms with Gasteiger partial charge in [-0.25, -0.2) is 10.0 Å². The van der Waals surface area contributed by atoms with Crippen LogP contribution in [0.2, 0.25) is 0 Å². The van der Waals surface area contributed by atoms with Crippen molar-refractivity contribution in [3.05, 3.63) is 22.3 Å². The smallest absolute Gasteiger partial charge is 0.0590 e. The normalized spacial score (nSPS) is 30.5. The maximum atomic E-state index is 2.77. The van der Waals surface area contributed by atoms with Gasteiger partial charge in [0.15, 0.2) is 0 Å². The van der Waals surface area contributed by atoms with Gasteiger partial charge in [-0.15, -0.1) is 0 Å². The summed E-state index contributed by atoms with van der Waals surface area (Å²) in [5.74, 6) is 0. The third-order valence-corrected chi connectivity index (χ3v) is 9.56. The lowest BCUT2D eigenvalue weighted by Gasteiger charge is -2.61. The van der Waals surface area contributed by atoms with E-state index in [1.54, 1.807) is 0 Å². The number of rotatable bonds is 2. The van der Waals surface area contributed by atoms with Crippen LogP contribution in [0.3, 0.4) is 0 Å². The summed E-state index contributed by atoms with van der Waals surface area (Å²) in [7, 11) is 0. The second-order valence-corrected chi connectivity index (χ2v) is 13.8. The molecule has 0 radical (unpaired) electrons. The minimum atomic E-state index is 0.137. The summed E-state index contributed by atoms with van der Waals surface area (Å²) in [5.41, 5.74) is 9.27. The monoisotopic (exact) mass is 466 g/mol. The van der Waals surface area contributed by atoms with Gasteiger partial charge in [-0.05, 0) is 143 Å². The summed E-state index contributed by atoms with van der Waals surface area (Å²) in [6, 6.07) is 2.64. The molecule has 4 aliphatic heterocycles. The van der Waals surface area contributed by atoms with E-state index >= 15 is 0 Å². The highest BCUT2D eigenvalue weighted by Gasteiger charge is 2.48. The lowest BCUT2D eigenvalue weighted by atomic mass is 9.82. The van der Waals surface area contributed by atoms with Gasteiger partial charge in [-0.3, -0.25) is 0 Å². The Hall–Kier alpha value is -1.26. The molecule has 6 fully saturated rings. The topological polar surface area (TPSA) is 13.0 Å². The first-order valence-corrected chi connectivity index (χ1v) is 14.1. The molecule has 4 bridgehead atoms. The van der Waals surface area contributed by atoms with Gasteiger partial charge in [0, 0.05) is 35.2 Å². The van der Waals surface area contributed by atoms with E-state index in [2.05, 4.69) is 89.3 Å². The molecule has 0 unspecified atom stereocenters. The average molecular weight is 467 g/mol. The van der Waals surface area contributed by atoms with Gasteiger partial charge in [0.1, 0.15) is 0 Å². The predicted molar refractivity (Wildman–Crippen MR) is 146 cm³/mol. The van der Waals surface area contributed by atoms with E-state index < -0.39 is 0 Å². The molecule has 4 heterocycles. The van der Waals surface area contributed by atoms with Gasteiger partial charge in [0.05, 0.1) is 11.4 Å². The summed E-state index contributed by atoms with van der Waals surface area (Å²) in [6.07, 6.45) is 10.8. The molecule has 0 amide bonds. The standard InChI is InChI=1S/C30H50N4/c1-19-20(2)28(32-24-13-17-26(18-14-24)34(32)30(8,9)10)22(4)21(3)27(19)31-23-11-15-25(16-12-23)33(31)29(5,6)7/h23-26H,11-18H2,1-10H3. The molecule has 0 aromatic heterocycles. The molecule has 190 valence electrons. The van der Waals surface area contributed by atoms with Crippen molar-refractivity contribution in [2.24, 2.45) is 0 Å². The maximum Gasteiger partial charge on any atom is 0.0590 e. The predicted octanol–water partition coefficient (Wildman–Crippen LogP) is 7.21. The van der Waals surface area contributed by atoms with E-state index in [4.69, 9.17) is 0 Å². The zero-order valence-electron chi connectivity index (χ0n) is 23.8. The van der Waals surface area contributed by atoms with Crippen molar-refractivity contribution >= 4 is 11.4 Å². The molecule has 4 heteroatoms. The van der Waals surface area contributed by atoms with Gasteiger partial charge in [0.2, 0.25) is 0 Å². The first-order valence-electron chi connectivity index (χ1n) is 14.1. The Bertz CT molecular complexity index is 830. The second kappa shape index (κ2) is 8.13. The molecule has 4 nitrogen and oxygen atoms in total. The molecular formula is C30H50N4. The summed E-state index contributed by atoms with van der Waals surface area (Å²) in [4.78, 5) is 0. The van der Waals surface area contributed by atoms with Crippen LogP contribution in [0.5, 0.6) is 0 Å². The van der Waals surface area contributed by atoms with Crippen LogP contribution in [-0.4, -0.2) is 45.3 Å². The Labute approximate surface area is 209 Å². The number of nitrogens with zero attached hydrogens (tertiary/aromatic N) is 4. The van der Waals surface area contributed by atoms with E-state index in [0.717, 1.165) is 0 Å². The Kier molecular flexibility index (Phi) is 5.84. The zero-order valence-corrected chi connectivity index (χ0v) is 23.8. The SMILES string of the molecule is Cc1c(C)c(N2C3CCC(CC3)N2C(C)(C)C)c(C)c(C)c1N1C2CCC(CC2)N1C(C)(C)C. The summed E-state index contributed by atoms with van der Waals surface area (Å²) in [6.45, 7) is 24.1. The van der Waals surface area contributed by atoms with E-state index in [-0.39, 0.29) is 11.1 Å². The number of hydrazine groups is 2. The minimum absolute atomic E-state index is 0.137. The van der Waals surface area contributed by atoms with Crippen LogP contribution in [0.15, 0.2) is 0 Å². The quantitative estimate of drug-likeness (QED) is 0.456. The van der Waals surface area contributed by atoms with Gasteiger partial charge in [-0.2, -0.15) is 0 Å². The summed E-state index contributed by atoms with van der Waals surface area (Å²) >= 11 is 0. The van der Waals surface area contributed by atoms with Crippen molar-refractivity contribution in [2.45, 2.75) is 156 Å². The number of fused-ring (bicyclic) bond motifs is 6. The first-order chi connectivity index (χ1) is 15.8. The van der Waals surface area contributed by atoms with Crippen molar-refractivity contribution in [2.75, 3.05) is 10.0 Å². The Morgan fingerprint density at radius 2 is 0.676 bits per heavy atom. The van der Waals surface area contributed by atoms with Crippen molar-refractivity contribution in [3.63, 3.8) is 0 Å². The maximum absolute atomic E-state index is 2.77. The molecule has 7 rings (SSSR count). The fraction of sp³-hybridized carbons (Fsp3) is 0.800. The van der Waals surface area contributed by atoms with Gasteiger partial charge >= 0.3 is 0 Å². The molecule has 0 atom stereocenters. The van der Waals surface area contributed by atoms with E-state index in [0.29, 0.717) is 24.2 Å². The molecule has 2 aliphatic carbocycles. The molecule has 1 aromatic rings. The van der Waals surface area contributed by atoms with Crippen molar-refractivity contribution in [1.29, 1.82) is 0 Å². The van der Waals surface area contributed by atoms with Gasteiger partial charge in [0.25, 0.3) is 0 Å². The van der Waals surface area contributed by atoms with Crippen LogP contribution < -0.4 is 10.0 Å². The molecule has 34 heavy (non-hydrogen) atoms. The molecular weight excluding hydrogens is 416 g/mol. The van der Waals surface area contributed by atoms with Crippen LogP contribution in [0, 0.1) is 27.7 Å². The summed E-state index contributed by atoms with van der Waals surface area (Å²) < 4.78 is 0. The third kappa shape index (κ3) is 3.61. The number of benzene rings is 1. The summed E-state index contributed by atoms with van der Waals surface area (Å²) in [5, 5.41) is 11.1. The molecule has 0 spiro atoms. The van der Waals surface area contributed by atoms with E-state index in [1.165, 1.54) is 85.0 Å². The van der Waals surface area contributed by atoms with E-state index in [9.17, 15) is 0 Å². The van der Waals surface area contributed by atoms with Gasteiger partial charge < -0.3 is 10.0 Å². The second-order valence-electron chi connectivity index (χ2n) is 13.8. The molecule has 2 saturated carbocycles. The largest absolute Gasteiger partial charge is 0.301 e. The third-order valence-electron chi connectivity index (χ3n) is 9.56. The lowest BCUT2D eigenvalue weighted by Crippen LogP contribution is -2.68. The Morgan fingerprint density at radius 3 is 0.912 bits per heavy atom. The van der Waals surface area contributed by atoms with Crippen molar-refractivity contribution in [3.8, 4) is 0 Å². The fourth-order valence-electron chi connectivity index (χ4n) is 8.08. The Morgan fingerprint density at radius 1 is 0.441 bits per heavy atom. The molecule has 1 aromatic carbocycles. The number of hydrogen-bond donors (Lipinski definition) is 0. The lowest BCUT2D eigenvalue weighted by molar-refractivity contribution is -0.0156. The zero-order chi connectivity index (χ0) is 24.7. The average Bonchev–Trinajstić information content (AvgIpc) is 2.78. The highest BCUT2D eigenvalue weighted by molar-refractivity contribution is 5.75. The molecule has 4 saturated heterocycles. The van der Waals surface area contributed by atoms with Crippen LogP contribution >= 0.6 is 0 Å².